The Kier molecular flexibility index (Phi) is 12.0. The van der Waals surface area contributed by atoms with Gasteiger partial charge in [-0.15, -0.1) is 0 Å². The summed E-state index contributed by atoms with van der Waals surface area (Å²) in [6.45, 7) is 25.3. The Morgan fingerprint density at radius 2 is 0.928 bits per heavy atom. The second-order valence-corrected chi connectivity index (χ2v) is 17.0. The van der Waals surface area contributed by atoms with Gasteiger partial charge in [0.15, 0.2) is 0 Å². The number of nitrogens with zero attached hydrogens (tertiary/aromatic N) is 3. The van der Waals surface area contributed by atoms with Crippen molar-refractivity contribution in [3.8, 4) is 22.5 Å². The molecule has 0 spiro atoms. The SMILES string of the molecule is C=CC=C(C=C)c1ccc(N(c2ccc(C(=C)C=CC(=C)c3ccc4c(c3)c3ccccc3n4-c3ccc(-n4c(=C)c(=CC=C)c5ccccc54)cc3)cc2)c2ccc(-c3ccccc3)cc2)cc1. The lowest BCUT2D eigenvalue weighted by Crippen LogP contribution is -2.26. The molecule has 0 aliphatic heterocycles. The maximum absolute atomic E-state index is 4.52. The van der Waals surface area contributed by atoms with Crippen LogP contribution in [0.15, 0.2) is 263 Å². The van der Waals surface area contributed by atoms with Gasteiger partial charge in [0, 0.05) is 55.2 Å². The van der Waals surface area contributed by atoms with E-state index in [2.05, 4.69) is 254 Å². The van der Waals surface area contributed by atoms with Gasteiger partial charge in [0.1, 0.15) is 0 Å². The third-order valence-corrected chi connectivity index (χ3v) is 12.9. The number of aromatic nitrogens is 2. The van der Waals surface area contributed by atoms with E-state index in [4.69, 9.17) is 0 Å². The van der Waals surface area contributed by atoms with Crippen LogP contribution in [0.4, 0.5) is 17.1 Å². The van der Waals surface area contributed by atoms with E-state index in [1.54, 1.807) is 6.08 Å². The quantitative estimate of drug-likeness (QED) is 0.0992. The molecule has 2 aromatic heterocycles. The Labute approximate surface area is 404 Å². The molecule has 0 amide bonds. The van der Waals surface area contributed by atoms with Gasteiger partial charge in [-0.2, -0.15) is 0 Å². The van der Waals surface area contributed by atoms with Crippen LogP contribution in [-0.2, 0) is 0 Å². The summed E-state index contributed by atoms with van der Waals surface area (Å²) in [5.41, 5.74) is 17.0. The molecule has 0 fully saturated rings. The van der Waals surface area contributed by atoms with Crippen LogP contribution in [0.2, 0.25) is 0 Å². The number of benzene rings is 8. The topological polar surface area (TPSA) is 13.1 Å². The summed E-state index contributed by atoms with van der Waals surface area (Å²) < 4.78 is 4.56. The fraction of sp³-hybridized carbons (Fsp3) is 0. The average molecular weight is 886 g/mol. The van der Waals surface area contributed by atoms with Crippen molar-refractivity contribution in [3.63, 3.8) is 0 Å². The first-order valence-corrected chi connectivity index (χ1v) is 23.1. The maximum Gasteiger partial charge on any atom is 0.0541 e. The first-order chi connectivity index (χ1) is 33.8. The summed E-state index contributed by atoms with van der Waals surface area (Å²) >= 11 is 0. The summed E-state index contributed by atoms with van der Waals surface area (Å²) in [4.78, 5) is 2.28. The molecule has 3 heteroatoms. The van der Waals surface area contributed by atoms with Crippen LogP contribution in [0.1, 0.15) is 16.7 Å². The largest absolute Gasteiger partial charge is 0.311 e. The number of fused-ring (bicyclic) bond motifs is 4. The zero-order valence-corrected chi connectivity index (χ0v) is 38.6. The van der Waals surface area contributed by atoms with Crippen LogP contribution >= 0.6 is 0 Å². The van der Waals surface area contributed by atoms with Crippen molar-refractivity contribution in [1.82, 2.24) is 9.13 Å². The molecule has 3 nitrogen and oxygen atoms in total. The van der Waals surface area contributed by atoms with E-state index in [1.165, 1.54) is 21.9 Å². The van der Waals surface area contributed by atoms with Gasteiger partial charge in [0.2, 0.25) is 0 Å². The number of anilines is 3. The molecule has 0 atom stereocenters. The molecule has 10 rings (SSSR count). The fourth-order valence-corrected chi connectivity index (χ4v) is 9.43. The molecule has 0 aliphatic carbocycles. The van der Waals surface area contributed by atoms with Gasteiger partial charge >= 0.3 is 0 Å². The van der Waals surface area contributed by atoms with Crippen LogP contribution in [0, 0.1) is 0 Å². The Bertz CT molecular complexity index is 3780. The smallest absolute Gasteiger partial charge is 0.0541 e. The van der Waals surface area contributed by atoms with Crippen LogP contribution in [0.5, 0.6) is 0 Å². The molecule has 330 valence electrons. The highest BCUT2D eigenvalue weighted by Gasteiger charge is 2.16. The minimum atomic E-state index is 0.895. The fourth-order valence-electron chi connectivity index (χ4n) is 9.43. The standard InChI is InChI=1S/C66H51N3/c1-7-17-49(9-3)52-29-36-57(37-30-52)68(58-38-31-53(32-39-58)51-19-11-10-12-20-51)56-34-27-50(28-35-56)46(4)25-26-47(5)54-33-44-66-63(45-54)62-22-14-16-24-65(62)69(66)59-42-40-55(41-43-59)67-48(6)60(18-8-2)61-21-13-15-23-64(61)67/h7-45H,1-6H2. The lowest BCUT2D eigenvalue weighted by atomic mass is 10.0. The van der Waals surface area contributed by atoms with Crippen molar-refractivity contribution < 1.29 is 0 Å². The molecule has 0 N–H and O–H groups in total. The summed E-state index contributed by atoms with van der Waals surface area (Å²) in [5.74, 6) is 0. The van der Waals surface area contributed by atoms with Gasteiger partial charge in [-0.05, 0) is 129 Å². The van der Waals surface area contributed by atoms with E-state index in [1.807, 2.05) is 30.4 Å². The molecular weight excluding hydrogens is 835 g/mol. The van der Waals surface area contributed by atoms with Crippen LogP contribution in [0.25, 0.3) is 84.6 Å². The third-order valence-electron chi connectivity index (χ3n) is 12.9. The van der Waals surface area contributed by atoms with Crippen LogP contribution in [0.3, 0.4) is 0 Å². The summed E-state index contributed by atoms with van der Waals surface area (Å²) in [6, 6.07) is 68.7. The first kappa shape index (κ1) is 43.7. The highest BCUT2D eigenvalue weighted by molar-refractivity contribution is 6.10. The molecule has 10 aromatic rings. The second-order valence-electron chi connectivity index (χ2n) is 17.0. The van der Waals surface area contributed by atoms with E-state index in [9.17, 15) is 0 Å². The Hall–Kier alpha value is -9.18. The molecule has 0 aliphatic rings. The van der Waals surface area contributed by atoms with Gasteiger partial charge in [0.05, 0.1) is 16.6 Å². The number of hydrogen-bond acceptors (Lipinski definition) is 1. The lowest BCUT2D eigenvalue weighted by molar-refractivity contribution is 1.07. The van der Waals surface area contributed by atoms with Gasteiger partial charge in [-0.1, -0.05) is 191 Å². The molecule has 0 unspecified atom stereocenters. The number of hydrogen-bond donors (Lipinski definition) is 0. The van der Waals surface area contributed by atoms with E-state index in [0.717, 1.165) is 94.4 Å². The van der Waals surface area contributed by atoms with Crippen molar-refractivity contribution in [2.24, 2.45) is 0 Å². The van der Waals surface area contributed by atoms with Crippen LogP contribution in [-0.4, -0.2) is 9.13 Å². The van der Waals surface area contributed by atoms with Crippen molar-refractivity contribution in [1.29, 1.82) is 0 Å². The zero-order chi connectivity index (χ0) is 47.4. The predicted octanol–water partition coefficient (Wildman–Crippen LogP) is 16.3. The van der Waals surface area contributed by atoms with Crippen molar-refractivity contribution >= 4 is 79.1 Å². The van der Waals surface area contributed by atoms with Gasteiger partial charge in [0.25, 0.3) is 0 Å². The zero-order valence-electron chi connectivity index (χ0n) is 38.6. The Balaban J connectivity index is 0.911. The lowest BCUT2D eigenvalue weighted by Gasteiger charge is -2.26. The highest BCUT2D eigenvalue weighted by atomic mass is 15.1. The average Bonchev–Trinajstić information content (AvgIpc) is 3.88. The Morgan fingerprint density at radius 3 is 1.54 bits per heavy atom. The van der Waals surface area contributed by atoms with Crippen molar-refractivity contribution in [2.45, 2.75) is 0 Å². The van der Waals surface area contributed by atoms with Gasteiger partial charge in [-0.3, -0.25) is 0 Å². The predicted molar refractivity (Wildman–Crippen MR) is 299 cm³/mol. The van der Waals surface area contributed by atoms with Crippen molar-refractivity contribution in [3.05, 3.63) is 291 Å². The van der Waals surface area contributed by atoms with E-state index >= 15 is 0 Å². The summed E-state index contributed by atoms with van der Waals surface area (Å²) in [5, 5.41) is 5.53. The minimum absolute atomic E-state index is 0.895. The molecular formula is C66H51N3. The maximum atomic E-state index is 4.52. The second kappa shape index (κ2) is 19.0. The molecule has 0 saturated heterocycles. The van der Waals surface area contributed by atoms with Crippen molar-refractivity contribution in [2.75, 3.05) is 4.90 Å². The normalized spacial score (nSPS) is 11.9. The molecule has 0 radical (unpaired) electrons. The molecule has 2 heterocycles. The molecule has 0 saturated carbocycles. The minimum Gasteiger partial charge on any atom is -0.311 e. The summed E-state index contributed by atoms with van der Waals surface area (Å²) in [7, 11) is 0. The monoisotopic (exact) mass is 885 g/mol. The van der Waals surface area contributed by atoms with E-state index in [0.29, 0.717) is 0 Å². The number of allylic oxidation sites excluding steroid dienone is 9. The number of rotatable bonds is 14. The highest BCUT2D eigenvalue weighted by Crippen LogP contribution is 2.38. The van der Waals surface area contributed by atoms with Crippen LogP contribution < -0.4 is 15.5 Å². The Morgan fingerprint density at radius 1 is 0.435 bits per heavy atom. The van der Waals surface area contributed by atoms with Gasteiger partial charge in [-0.25, -0.2) is 0 Å². The molecule has 69 heavy (non-hydrogen) atoms. The van der Waals surface area contributed by atoms with E-state index in [-0.39, 0.29) is 0 Å². The van der Waals surface area contributed by atoms with E-state index < -0.39 is 0 Å². The molecule has 0 bridgehead atoms. The third kappa shape index (κ3) is 8.35. The first-order valence-electron chi connectivity index (χ1n) is 23.1. The van der Waals surface area contributed by atoms with Gasteiger partial charge < -0.3 is 14.0 Å². The summed E-state index contributed by atoms with van der Waals surface area (Å²) in [6.07, 6.45) is 13.6. The molecule has 8 aromatic carbocycles. The number of para-hydroxylation sites is 2.